The van der Waals surface area contributed by atoms with Gasteiger partial charge in [-0.1, -0.05) is 105 Å². The molecule has 0 saturated heterocycles. The number of ether oxygens (including phenoxy) is 2. The lowest BCUT2D eigenvalue weighted by molar-refractivity contribution is -0.332. The van der Waals surface area contributed by atoms with Crippen LogP contribution in [0.5, 0.6) is 0 Å². The number of nitrogens with zero attached hydrogens (tertiary/aromatic N) is 2. The number of fused-ring (bicyclic) bond motifs is 2. The van der Waals surface area contributed by atoms with Crippen molar-refractivity contribution < 1.29 is 27.9 Å². The van der Waals surface area contributed by atoms with E-state index < -0.39 is 19.2 Å². The third-order valence-corrected chi connectivity index (χ3v) is 10.8. The Morgan fingerprint density at radius 1 is 0.614 bits per heavy atom. The minimum Gasteiger partial charge on any atom is -0.462 e. The molecule has 8 rings (SSSR count). The van der Waals surface area contributed by atoms with Crippen LogP contribution in [0.4, 0.5) is 4.32 Å². The number of rotatable bonds is 11. The maximum Gasteiger partial charge on any atom is 0.847 e. The Bertz CT molecular complexity index is 2570. The fraction of sp³-hybridized carbons (Fsp3) is 0.163. The van der Waals surface area contributed by atoms with Crippen LogP contribution in [0.3, 0.4) is 0 Å². The molecule has 0 fully saturated rings. The van der Waals surface area contributed by atoms with Crippen LogP contribution in [0.2, 0.25) is 0 Å². The highest BCUT2D eigenvalue weighted by Crippen LogP contribution is 2.48. The minimum absolute atomic E-state index is 0.264. The van der Waals surface area contributed by atoms with E-state index in [0.717, 1.165) is 68.8 Å². The standard InChI is InChI=1S/C49H43BFN2O4/c1-5-32-14-18-34(19-15-32)41-30-43(36-20-16-33(6-2)17-21-36)52-46(41)45(38-12-10-9-11-13-38)47-42(35-22-26-39(27-23-35)48(54)56-7-3)31-44(53(47)50(52)51)37-24-28-40(29-25-37)49(55)57-8-4/h9-31H,5-8H2,1-4H3/q+1. The molecule has 2 aliphatic rings. The summed E-state index contributed by atoms with van der Waals surface area (Å²) in [6.45, 7) is 8.35. The molecule has 2 aliphatic heterocycles. The number of aromatic nitrogens is 1. The first kappa shape index (κ1) is 37.4. The molecule has 0 bridgehead atoms. The summed E-state index contributed by atoms with van der Waals surface area (Å²) in [5.74, 6) is -0.816. The lowest BCUT2D eigenvalue weighted by Gasteiger charge is -2.24. The molecule has 6 aromatic rings. The van der Waals surface area contributed by atoms with E-state index in [9.17, 15) is 9.59 Å². The number of hydrogen-bond donors (Lipinski definition) is 0. The molecule has 0 atom stereocenters. The first-order chi connectivity index (χ1) is 27.8. The maximum absolute atomic E-state index is 18.4. The molecule has 1 aromatic heterocycles. The van der Waals surface area contributed by atoms with Gasteiger partial charge in [-0.25, -0.2) is 18.4 Å². The highest BCUT2D eigenvalue weighted by molar-refractivity contribution is 6.46. The van der Waals surface area contributed by atoms with E-state index in [1.54, 1.807) is 42.6 Å². The van der Waals surface area contributed by atoms with E-state index in [2.05, 4.69) is 80.6 Å². The fourth-order valence-electron chi connectivity index (χ4n) is 7.82. The molecule has 3 heterocycles. The van der Waals surface area contributed by atoms with E-state index in [1.165, 1.54) is 11.1 Å². The molecular formula is C49H43BFN2O4+. The fourth-order valence-corrected chi connectivity index (χ4v) is 7.82. The number of allylic oxidation sites excluding steroid dienone is 2. The van der Waals surface area contributed by atoms with Gasteiger partial charge in [0.1, 0.15) is 0 Å². The van der Waals surface area contributed by atoms with Gasteiger partial charge in [0.2, 0.25) is 5.70 Å². The summed E-state index contributed by atoms with van der Waals surface area (Å²) in [5.41, 5.74) is 13.1. The van der Waals surface area contributed by atoms with Crippen LogP contribution >= 0.6 is 0 Å². The Labute approximate surface area is 333 Å². The van der Waals surface area contributed by atoms with E-state index in [-0.39, 0.29) is 13.2 Å². The van der Waals surface area contributed by atoms with E-state index in [4.69, 9.17) is 9.47 Å². The van der Waals surface area contributed by atoms with Crippen molar-refractivity contribution in [3.8, 4) is 22.4 Å². The van der Waals surface area contributed by atoms with Crippen molar-refractivity contribution in [1.82, 2.24) is 4.48 Å². The van der Waals surface area contributed by atoms with E-state index in [1.807, 2.05) is 53.0 Å². The summed E-state index contributed by atoms with van der Waals surface area (Å²) < 4.78 is 32.6. The minimum atomic E-state index is -1.67. The third-order valence-electron chi connectivity index (χ3n) is 10.8. The summed E-state index contributed by atoms with van der Waals surface area (Å²) in [6.07, 6.45) is 3.93. The Morgan fingerprint density at radius 3 is 1.65 bits per heavy atom. The maximum atomic E-state index is 18.4. The second-order valence-electron chi connectivity index (χ2n) is 14.1. The zero-order valence-corrected chi connectivity index (χ0v) is 32.6. The van der Waals surface area contributed by atoms with Crippen LogP contribution in [0, 0.1) is 0 Å². The first-order valence-electron chi connectivity index (χ1n) is 19.7. The quantitative estimate of drug-likeness (QED) is 0.0977. The molecule has 0 radical (unpaired) electrons. The normalized spacial score (nSPS) is 13.4. The van der Waals surface area contributed by atoms with Crippen LogP contribution in [-0.4, -0.2) is 47.1 Å². The molecule has 8 heteroatoms. The largest absolute Gasteiger partial charge is 0.847 e. The average molecular weight is 754 g/mol. The van der Waals surface area contributed by atoms with Crippen LogP contribution in [0.15, 0.2) is 145 Å². The van der Waals surface area contributed by atoms with Crippen molar-refractivity contribution in [1.29, 1.82) is 0 Å². The monoisotopic (exact) mass is 753 g/mol. The van der Waals surface area contributed by atoms with Gasteiger partial charge in [-0.15, -0.1) is 0 Å². The van der Waals surface area contributed by atoms with Gasteiger partial charge in [0.15, 0.2) is 5.71 Å². The van der Waals surface area contributed by atoms with Crippen molar-refractivity contribution in [3.63, 3.8) is 0 Å². The highest BCUT2D eigenvalue weighted by Gasteiger charge is 2.54. The zero-order chi connectivity index (χ0) is 39.6. The van der Waals surface area contributed by atoms with Gasteiger partial charge in [0.05, 0.1) is 41.2 Å². The number of esters is 2. The first-order valence-corrected chi connectivity index (χ1v) is 19.7. The molecule has 0 saturated carbocycles. The molecule has 0 aliphatic carbocycles. The Hall–Kier alpha value is -6.54. The average Bonchev–Trinajstić information content (AvgIpc) is 3.86. The molecule has 282 valence electrons. The second-order valence-corrected chi connectivity index (χ2v) is 14.1. The van der Waals surface area contributed by atoms with E-state index >= 15 is 4.32 Å². The second kappa shape index (κ2) is 15.9. The molecular weight excluding hydrogens is 710 g/mol. The number of benzene rings is 5. The molecule has 5 aromatic carbocycles. The number of carbonyl (C=O) groups excluding carboxylic acids is 2. The Balaban J connectivity index is 1.45. The van der Waals surface area contributed by atoms with Crippen molar-refractivity contribution in [2.75, 3.05) is 13.2 Å². The Kier molecular flexibility index (Phi) is 10.4. The molecule has 0 unspecified atom stereocenters. The smallest absolute Gasteiger partial charge is 0.462 e. The van der Waals surface area contributed by atoms with Crippen LogP contribution in [0.1, 0.15) is 81.9 Å². The lowest BCUT2D eigenvalue weighted by Crippen LogP contribution is -2.41. The summed E-state index contributed by atoms with van der Waals surface area (Å²) in [7, 11) is -1.67. The molecule has 0 amide bonds. The van der Waals surface area contributed by atoms with Crippen molar-refractivity contribution >= 4 is 36.1 Å². The van der Waals surface area contributed by atoms with Gasteiger partial charge < -0.3 is 9.47 Å². The number of aryl methyl sites for hydroxylation is 2. The zero-order valence-electron chi connectivity index (χ0n) is 32.6. The third kappa shape index (κ3) is 6.86. The Morgan fingerprint density at radius 2 is 1.12 bits per heavy atom. The highest BCUT2D eigenvalue weighted by atomic mass is 19.1. The SMILES string of the molecule is CCOC(=O)c1ccc(-c2cc(-c3ccc(C(=O)OCC)cc3)n3c2C(c2ccccc2)=C2C(c4ccc(CC)cc4)=CC(c4ccc(CC)cc4)=[N+]2B3F)cc1. The topological polar surface area (TPSA) is 60.5 Å². The van der Waals surface area contributed by atoms with Crippen LogP contribution in [0.25, 0.3) is 33.5 Å². The van der Waals surface area contributed by atoms with Gasteiger partial charge in [-0.3, -0.25) is 4.48 Å². The molecule has 6 nitrogen and oxygen atoms in total. The molecule has 0 N–H and O–H groups in total. The van der Waals surface area contributed by atoms with Crippen LogP contribution < -0.4 is 0 Å². The predicted molar refractivity (Wildman–Crippen MR) is 226 cm³/mol. The molecule has 57 heavy (non-hydrogen) atoms. The van der Waals surface area contributed by atoms with Crippen LogP contribution in [-0.2, 0) is 22.3 Å². The van der Waals surface area contributed by atoms with Crippen molar-refractivity contribution in [2.24, 2.45) is 0 Å². The molecule has 0 spiro atoms. The van der Waals surface area contributed by atoms with Gasteiger partial charge >= 0.3 is 19.2 Å². The summed E-state index contributed by atoms with van der Waals surface area (Å²) in [4.78, 5) is 25.4. The number of halogens is 1. The van der Waals surface area contributed by atoms with Gasteiger partial charge in [-0.05, 0) is 103 Å². The lowest BCUT2D eigenvalue weighted by atomic mass is 9.84. The summed E-state index contributed by atoms with van der Waals surface area (Å²) in [5, 5.41) is 0. The predicted octanol–water partition coefficient (Wildman–Crippen LogP) is 10.5. The summed E-state index contributed by atoms with van der Waals surface area (Å²) >= 11 is 0. The van der Waals surface area contributed by atoms with Crippen molar-refractivity contribution in [3.05, 3.63) is 190 Å². The van der Waals surface area contributed by atoms with Gasteiger partial charge in [0, 0.05) is 22.9 Å². The van der Waals surface area contributed by atoms with E-state index in [0.29, 0.717) is 22.5 Å². The number of carbonyl (C=O) groups is 2. The number of hydrogen-bond acceptors (Lipinski definition) is 4. The van der Waals surface area contributed by atoms with Gasteiger partial charge in [-0.2, -0.15) is 0 Å². The van der Waals surface area contributed by atoms with Gasteiger partial charge in [0.25, 0.3) is 0 Å². The summed E-state index contributed by atoms with van der Waals surface area (Å²) in [6, 6.07) is 43.5. The van der Waals surface area contributed by atoms with Crippen molar-refractivity contribution in [2.45, 2.75) is 40.5 Å².